The van der Waals surface area contributed by atoms with Gasteiger partial charge in [0.05, 0.1) is 24.7 Å². The summed E-state index contributed by atoms with van der Waals surface area (Å²) in [5.74, 6) is 0.587. The first-order chi connectivity index (χ1) is 14.2. The summed E-state index contributed by atoms with van der Waals surface area (Å²) in [7, 11) is 1.66. The summed E-state index contributed by atoms with van der Waals surface area (Å²) in [5.41, 5.74) is 1.72. The van der Waals surface area contributed by atoms with Crippen LogP contribution < -0.4 is 10.6 Å². The number of ether oxygens (including phenoxy) is 1. The van der Waals surface area contributed by atoms with E-state index in [-0.39, 0.29) is 5.91 Å². The molecule has 0 aliphatic heterocycles. The summed E-state index contributed by atoms with van der Waals surface area (Å²) in [4.78, 5) is 21.1. The van der Waals surface area contributed by atoms with Crippen molar-refractivity contribution in [3.8, 4) is 0 Å². The standard InChI is InChI=1S/C20H24N6O2S/c1-28-13-11-22-18-16-14-23-26(19(16)25-20(24-18)29-2)12-10-21-17(27)9-8-15-6-4-3-5-7-15/h3-9,14H,10-13H2,1-2H3,(H,21,27)(H,22,24,25)/b9-8-. The predicted octanol–water partition coefficient (Wildman–Crippen LogP) is 2.44. The van der Waals surface area contributed by atoms with Crippen LogP contribution in [0.1, 0.15) is 5.56 Å². The molecule has 2 heterocycles. The van der Waals surface area contributed by atoms with Gasteiger partial charge in [0.15, 0.2) is 10.8 Å². The Labute approximate surface area is 173 Å². The molecule has 0 spiro atoms. The number of hydrogen-bond donors (Lipinski definition) is 2. The molecule has 0 bridgehead atoms. The van der Waals surface area contributed by atoms with Gasteiger partial charge in [0.2, 0.25) is 5.91 Å². The normalized spacial score (nSPS) is 11.2. The maximum atomic E-state index is 12.0. The zero-order chi connectivity index (χ0) is 20.5. The largest absolute Gasteiger partial charge is 0.383 e. The predicted molar refractivity (Wildman–Crippen MR) is 116 cm³/mol. The van der Waals surface area contributed by atoms with E-state index in [1.807, 2.05) is 36.6 Å². The lowest BCUT2D eigenvalue weighted by Gasteiger charge is -2.08. The number of amides is 1. The number of methoxy groups -OCH3 is 1. The van der Waals surface area contributed by atoms with E-state index in [0.29, 0.717) is 31.4 Å². The molecular weight excluding hydrogens is 388 g/mol. The van der Waals surface area contributed by atoms with Crippen LogP contribution in [0, 0.1) is 0 Å². The second-order valence-electron chi connectivity index (χ2n) is 6.12. The molecule has 152 valence electrons. The van der Waals surface area contributed by atoms with E-state index in [1.165, 1.54) is 17.8 Å². The highest BCUT2D eigenvalue weighted by molar-refractivity contribution is 7.98. The summed E-state index contributed by atoms with van der Waals surface area (Å²) in [6.45, 7) is 2.18. The molecule has 2 aromatic heterocycles. The third kappa shape index (κ3) is 5.78. The SMILES string of the molecule is COCCNc1nc(SC)nc2c1cnn2CCNC(=O)/C=C\c1ccccc1. The smallest absolute Gasteiger partial charge is 0.244 e. The molecule has 3 aromatic rings. The zero-order valence-electron chi connectivity index (χ0n) is 16.5. The highest BCUT2D eigenvalue weighted by Crippen LogP contribution is 2.23. The third-order valence-corrected chi connectivity index (χ3v) is 4.65. The summed E-state index contributed by atoms with van der Waals surface area (Å²) in [5, 5.41) is 12.1. The van der Waals surface area contributed by atoms with Gasteiger partial charge in [0.1, 0.15) is 5.82 Å². The van der Waals surface area contributed by atoms with Crippen LogP contribution in [-0.2, 0) is 16.1 Å². The lowest BCUT2D eigenvalue weighted by molar-refractivity contribution is -0.116. The van der Waals surface area contributed by atoms with Crippen molar-refractivity contribution in [1.82, 2.24) is 25.1 Å². The number of nitrogens with zero attached hydrogens (tertiary/aromatic N) is 4. The first-order valence-corrected chi connectivity index (χ1v) is 10.4. The minimum absolute atomic E-state index is 0.147. The fourth-order valence-corrected chi connectivity index (χ4v) is 3.04. The number of fused-ring (bicyclic) bond motifs is 1. The lowest BCUT2D eigenvalue weighted by Crippen LogP contribution is -2.25. The quantitative estimate of drug-likeness (QED) is 0.229. The minimum atomic E-state index is -0.147. The molecule has 0 radical (unpaired) electrons. The first-order valence-electron chi connectivity index (χ1n) is 9.22. The maximum Gasteiger partial charge on any atom is 0.244 e. The average molecular weight is 413 g/mol. The molecular formula is C20H24N6O2S. The van der Waals surface area contributed by atoms with E-state index in [0.717, 1.165) is 22.4 Å². The number of nitrogens with one attached hydrogen (secondary N) is 2. The molecule has 9 heteroatoms. The Morgan fingerprint density at radius 3 is 2.83 bits per heavy atom. The van der Waals surface area contributed by atoms with Gasteiger partial charge in [0.25, 0.3) is 0 Å². The molecule has 8 nitrogen and oxygen atoms in total. The fraction of sp³-hybridized carbons (Fsp3) is 0.300. The van der Waals surface area contributed by atoms with Crippen molar-refractivity contribution in [1.29, 1.82) is 0 Å². The molecule has 0 aliphatic rings. The number of benzene rings is 1. The van der Waals surface area contributed by atoms with Gasteiger partial charge in [-0.3, -0.25) is 4.79 Å². The number of aromatic nitrogens is 4. The Bertz CT molecular complexity index is 974. The Hall–Kier alpha value is -2.91. The number of carbonyl (C=O) groups is 1. The number of hydrogen-bond acceptors (Lipinski definition) is 7. The summed E-state index contributed by atoms with van der Waals surface area (Å²) >= 11 is 1.47. The third-order valence-electron chi connectivity index (χ3n) is 4.11. The van der Waals surface area contributed by atoms with Crippen LogP contribution in [0.5, 0.6) is 0 Å². The Balaban J connectivity index is 1.63. The van der Waals surface area contributed by atoms with Gasteiger partial charge in [-0.2, -0.15) is 5.10 Å². The Morgan fingerprint density at radius 1 is 1.24 bits per heavy atom. The van der Waals surface area contributed by atoms with Crippen molar-refractivity contribution in [3.05, 3.63) is 48.2 Å². The fourth-order valence-electron chi connectivity index (χ4n) is 2.68. The van der Waals surface area contributed by atoms with Gasteiger partial charge in [0, 0.05) is 26.3 Å². The van der Waals surface area contributed by atoms with Gasteiger partial charge >= 0.3 is 0 Å². The van der Waals surface area contributed by atoms with Crippen LogP contribution in [-0.4, -0.2) is 58.7 Å². The minimum Gasteiger partial charge on any atom is -0.383 e. The van der Waals surface area contributed by atoms with E-state index >= 15 is 0 Å². The number of anilines is 1. The maximum absolute atomic E-state index is 12.0. The monoisotopic (exact) mass is 412 g/mol. The molecule has 1 amide bonds. The Kier molecular flexibility index (Phi) is 7.60. The van der Waals surface area contributed by atoms with Gasteiger partial charge in [-0.05, 0) is 17.9 Å². The molecule has 29 heavy (non-hydrogen) atoms. The second-order valence-corrected chi connectivity index (χ2v) is 6.89. The van der Waals surface area contributed by atoms with Gasteiger partial charge in [-0.1, -0.05) is 42.1 Å². The molecule has 3 rings (SSSR count). The molecule has 1 aromatic carbocycles. The molecule has 0 saturated carbocycles. The van der Waals surface area contributed by atoms with E-state index in [1.54, 1.807) is 24.1 Å². The van der Waals surface area contributed by atoms with Crippen LogP contribution >= 0.6 is 11.8 Å². The topological polar surface area (TPSA) is 94.0 Å². The summed E-state index contributed by atoms with van der Waals surface area (Å²) in [6.07, 6.45) is 6.99. The van der Waals surface area contributed by atoms with Crippen molar-refractivity contribution in [2.45, 2.75) is 11.7 Å². The molecule has 0 atom stereocenters. The van der Waals surface area contributed by atoms with Crippen molar-refractivity contribution < 1.29 is 9.53 Å². The number of rotatable bonds is 10. The Morgan fingerprint density at radius 2 is 2.07 bits per heavy atom. The van der Waals surface area contributed by atoms with Crippen LogP contribution in [0.25, 0.3) is 17.1 Å². The molecule has 0 saturated heterocycles. The van der Waals surface area contributed by atoms with Crippen molar-refractivity contribution in [2.75, 3.05) is 38.4 Å². The van der Waals surface area contributed by atoms with Crippen molar-refractivity contribution in [3.63, 3.8) is 0 Å². The lowest BCUT2D eigenvalue weighted by atomic mass is 10.2. The summed E-state index contributed by atoms with van der Waals surface area (Å²) < 4.78 is 6.86. The van der Waals surface area contributed by atoms with Crippen LogP contribution in [0.4, 0.5) is 5.82 Å². The van der Waals surface area contributed by atoms with E-state index in [2.05, 4.69) is 25.7 Å². The molecule has 0 fully saturated rings. The average Bonchev–Trinajstić information content (AvgIpc) is 3.16. The van der Waals surface area contributed by atoms with Gasteiger partial charge in [-0.15, -0.1) is 0 Å². The molecule has 0 aliphatic carbocycles. The first kappa shape index (κ1) is 20.8. The van der Waals surface area contributed by atoms with E-state index in [4.69, 9.17) is 4.74 Å². The van der Waals surface area contributed by atoms with Crippen LogP contribution in [0.15, 0.2) is 47.8 Å². The van der Waals surface area contributed by atoms with Crippen LogP contribution in [0.2, 0.25) is 0 Å². The van der Waals surface area contributed by atoms with E-state index < -0.39 is 0 Å². The van der Waals surface area contributed by atoms with Gasteiger partial charge < -0.3 is 15.4 Å². The summed E-state index contributed by atoms with van der Waals surface area (Å²) in [6, 6.07) is 9.70. The van der Waals surface area contributed by atoms with Gasteiger partial charge in [-0.25, -0.2) is 14.6 Å². The van der Waals surface area contributed by atoms with Crippen molar-refractivity contribution in [2.24, 2.45) is 0 Å². The molecule has 0 unspecified atom stereocenters. The number of carbonyl (C=O) groups excluding carboxylic acids is 1. The second kappa shape index (κ2) is 10.6. The van der Waals surface area contributed by atoms with Crippen molar-refractivity contribution >= 4 is 40.6 Å². The van der Waals surface area contributed by atoms with Crippen LogP contribution in [0.3, 0.4) is 0 Å². The van der Waals surface area contributed by atoms with E-state index in [9.17, 15) is 4.79 Å². The highest BCUT2D eigenvalue weighted by Gasteiger charge is 2.12. The highest BCUT2D eigenvalue weighted by atomic mass is 32.2. The zero-order valence-corrected chi connectivity index (χ0v) is 17.3. The number of thioether (sulfide) groups is 1. The molecule has 2 N–H and O–H groups in total.